The smallest absolute Gasteiger partial charge is 0.198 e. The van der Waals surface area contributed by atoms with Crippen molar-refractivity contribution in [2.45, 2.75) is 38.6 Å². The minimum atomic E-state index is -0.196. The zero-order valence-electron chi connectivity index (χ0n) is 11.9. The van der Waals surface area contributed by atoms with Crippen molar-refractivity contribution >= 4 is 5.90 Å². The Morgan fingerprint density at radius 1 is 1.32 bits per heavy atom. The van der Waals surface area contributed by atoms with Crippen molar-refractivity contribution in [3.63, 3.8) is 0 Å². The van der Waals surface area contributed by atoms with Crippen molar-refractivity contribution in [1.29, 1.82) is 0 Å². The number of rotatable bonds is 2. The lowest BCUT2D eigenvalue weighted by Crippen LogP contribution is -2.33. The van der Waals surface area contributed by atoms with E-state index in [-0.39, 0.29) is 5.41 Å². The molecular weight excluding hydrogens is 234 g/mol. The third-order valence-corrected chi connectivity index (χ3v) is 4.25. The van der Waals surface area contributed by atoms with Crippen LogP contribution >= 0.6 is 0 Å². The monoisotopic (exact) mass is 255 g/mol. The Labute approximate surface area is 115 Å². The van der Waals surface area contributed by atoms with Crippen LogP contribution in [0.5, 0.6) is 0 Å². The largest absolute Gasteiger partial charge is 0.478 e. The summed E-state index contributed by atoms with van der Waals surface area (Å²) in [4.78, 5) is 4.83. The van der Waals surface area contributed by atoms with Gasteiger partial charge in [-0.15, -0.1) is 0 Å². The summed E-state index contributed by atoms with van der Waals surface area (Å²) in [7, 11) is 0. The number of allylic oxidation sites excluding steroid dienone is 1. The normalized spacial score (nSPS) is 29.1. The van der Waals surface area contributed by atoms with E-state index in [4.69, 9.17) is 9.73 Å². The number of nitrogens with zero attached hydrogens (tertiary/aromatic N) is 1. The SMILES string of the molecule is CC(C)[C@H]1COC([C@@]2(C)C=CCc3ccccc32)=N1. The van der Waals surface area contributed by atoms with Gasteiger partial charge in [-0.2, -0.15) is 0 Å². The highest BCUT2D eigenvalue weighted by molar-refractivity contribution is 5.92. The maximum absolute atomic E-state index is 5.92. The summed E-state index contributed by atoms with van der Waals surface area (Å²) in [5, 5.41) is 0. The molecule has 2 heteroatoms. The fourth-order valence-electron chi connectivity index (χ4n) is 2.92. The second-order valence-corrected chi connectivity index (χ2v) is 6.02. The van der Waals surface area contributed by atoms with Gasteiger partial charge in [-0.3, -0.25) is 0 Å². The van der Waals surface area contributed by atoms with Crippen molar-refractivity contribution in [3.05, 3.63) is 47.5 Å². The second-order valence-electron chi connectivity index (χ2n) is 6.02. The molecule has 3 rings (SSSR count). The van der Waals surface area contributed by atoms with Gasteiger partial charge in [0.2, 0.25) is 0 Å². The predicted octanol–water partition coefficient (Wildman–Crippen LogP) is 3.51. The highest BCUT2D eigenvalue weighted by Gasteiger charge is 2.39. The van der Waals surface area contributed by atoms with E-state index in [9.17, 15) is 0 Å². The van der Waals surface area contributed by atoms with Crippen molar-refractivity contribution in [3.8, 4) is 0 Å². The van der Waals surface area contributed by atoms with Gasteiger partial charge in [-0.05, 0) is 30.4 Å². The minimum Gasteiger partial charge on any atom is -0.478 e. The molecule has 0 fully saturated rings. The van der Waals surface area contributed by atoms with Gasteiger partial charge in [0.25, 0.3) is 0 Å². The topological polar surface area (TPSA) is 21.6 Å². The number of ether oxygens (including phenoxy) is 1. The Morgan fingerprint density at radius 2 is 2.11 bits per heavy atom. The molecule has 0 radical (unpaired) electrons. The molecule has 2 nitrogen and oxygen atoms in total. The Hall–Kier alpha value is -1.57. The zero-order chi connectivity index (χ0) is 13.5. The highest BCUT2D eigenvalue weighted by Crippen LogP contribution is 2.36. The molecule has 0 amide bonds. The van der Waals surface area contributed by atoms with Crippen LogP contribution in [0.4, 0.5) is 0 Å². The first-order chi connectivity index (χ1) is 9.11. The minimum absolute atomic E-state index is 0.196. The zero-order valence-corrected chi connectivity index (χ0v) is 11.9. The summed E-state index contributed by atoms with van der Waals surface area (Å²) in [5.74, 6) is 1.42. The first-order valence-electron chi connectivity index (χ1n) is 7.08. The molecule has 0 saturated carbocycles. The molecule has 1 aliphatic heterocycles. The van der Waals surface area contributed by atoms with Gasteiger partial charge in [0.1, 0.15) is 6.61 Å². The summed E-state index contributed by atoms with van der Waals surface area (Å²) in [6.45, 7) is 7.34. The molecule has 0 N–H and O–H groups in total. The van der Waals surface area contributed by atoms with Crippen LogP contribution in [0, 0.1) is 5.92 Å². The predicted molar refractivity (Wildman–Crippen MR) is 78.7 cm³/mol. The number of aliphatic imine (C=N–C) groups is 1. The van der Waals surface area contributed by atoms with E-state index in [1.807, 2.05) is 0 Å². The molecule has 1 aromatic carbocycles. The van der Waals surface area contributed by atoms with Crippen LogP contribution in [0.15, 0.2) is 41.4 Å². The van der Waals surface area contributed by atoms with Crippen molar-refractivity contribution in [1.82, 2.24) is 0 Å². The van der Waals surface area contributed by atoms with Crippen LogP contribution in [-0.2, 0) is 16.6 Å². The Balaban J connectivity index is 2.02. The standard InChI is InChI=1S/C17H21NO/c1-12(2)15-11-19-16(18-15)17(3)10-6-8-13-7-4-5-9-14(13)17/h4-7,9-10,12,15H,8,11H2,1-3H3/t15-,17+/m1/s1. The lowest BCUT2D eigenvalue weighted by atomic mass is 9.75. The van der Waals surface area contributed by atoms with E-state index in [0.29, 0.717) is 12.0 Å². The molecule has 2 aliphatic rings. The Morgan fingerprint density at radius 3 is 2.84 bits per heavy atom. The number of hydrogen-bond donors (Lipinski definition) is 0. The summed E-state index contributed by atoms with van der Waals surface area (Å²) in [6.07, 6.45) is 5.49. The molecule has 0 aromatic heterocycles. The van der Waals surface area contributed by atoms with Crippen LogP contribution in [0.3, 0.4) is 0 Å². The van der Waals surface area contributed by atoms with Crippen LogP contribution in [0.1, 0.15) is 31.9 Å². The van der Waals surface area contributed by atoms with E-state index < -0.39 is 0 Å². The van der Waals surface area contributed by atoms with Gasteiger partial charge < -0.3 is 4.74 Å². The summed E-state index contributed by atoms with van der Waals surface area (Å²) in [6, 6.07) is 8.91. The summed E-state index contributed by atoms with van der Waals surface area (Å²) in [5.41, 5.74) is 2.52. The van der Waals surface area contributed by atoms with Crippen molar-refractivity contribution < 1.29 is 4.74 Å². The third-order valence-electron chi connectivity index (χ3n) is 4.25. The highest BCUT2D eigenvalue weighted by atomic mass is 16.5. The summed E-state index contributed by atoms with van der Waals surface area (Å²) >= 11 is 0. The molecule has 100 valence electrons. The van der Waals surface area contributed by atoms with E-state index in [2.05, 4.69) is 57.2 Å². The quantitative estimate of drug-likeness (QED) is 0.741. The van der Waals surface area contributed by atoms with E-state index in [0.717, 1.165) is 18.9 Å². The van der Waals surface area contributed by atoms with Crippen LogP contribution in [0.25, 0.3) is 0 Å². The Kier molecular flexibility index (Phi) is 2.96. The maximum Gasteiger partial charge on any atom is 0.198 e. The van der Waals surface area contributed by atoms with Gasteiger partial charge in [-0.1, -0.05) is 50.3 Å². The number of fused-ring (bicyclic) bond motifs is 1. The van der Waals surface area contributed by atoms with Gasteiger partial charge in [-0.25, -0.2) is 4.99 Å². The van der Waals surface area contributed by atoms with Crippen molar-refractivity contribution in [2.75, 3.05) is 6.61 Å². The fraction of sp³-hybridized carbons (Fsp3) is 0.471. The number of benzene rings is 1. The maximum atomic E-state index is 5.92. The molecule has 0 unspecified atom stereocenters. The van der Waals surface area contributed by atoms with Crippen molar-refractivity contribution in [2.24, 2.45) is 10.9 Å². The average Bonchev–Trinajstić information content (AvgIpc) is 2.90. The van der Waals surface area contributed by atoms with E-state index >= 15 is 0 Å². The molecule has 0 bridgehead atoms. The van der Waals surface area contributed by atoms with E-state index in [1.54, 1.807) is 0 Å². The van der Waals surface area contributed by atoms with Crippen LogP contribution in [-0.4, -0.2) is 18.5 Å². The molecule has 1 aromatic rings. The first-order valence-corrected chi connectivity index (χ1v) is 7.08. The average molecular weight is 255 g/mol. The molecule has 19 heavy (non-hydrogen) atoms. The second kappa shape index (κ2) is 4.52. The first kappa shape index (κ1) is 12.5. The molecule has 1 heterocycles. The molecular formula is C17H21NO. The third kappa shape index (κ3) is 1.99. The lowest BCUT2D eigenvalue weighted by molar-refractivity contribution is 0.277. The molecule has 0 saturated heterocycles. The lowest BCUT2D eigenvalue weighted by Gasteiger charge is -2.30. The van der Waals surface area contributed by atoms with Gasteiger partial charge in [0.05, 0.1) is 11.5 Å². The molecule has 2 atom stereocenters. The summed E-state index contributed by atoms with van der Waals surface area (Å²) < 4.78 is 5.92. The van der Waals surface area contributed by atoms with Gasteiger partial charge >= 0.3 is 0 Å². The molecule has 0 spiro atoms. The fourth-order valence-corrected chi connectivity index (χ4v) is 2.92. The van der Waals surface area contributed by atoms with Gasteiger partial charge in [0.15, 0.2) is 5.90 Å². The van der Waals surface area contributed by atoms with E-state index in [1.165, 1.54) is 11.1 Å². The number of hydrogen-bond acceptors (Lipinski definition) is 2. The van der Waals surface area contributed by atoms with Crippen LogP contribution in [0.2, 0.25) is 0 Å². The molecule has 1 aliphatic carbocycles. The van der Waals surface area contributed by atoms with Crippen LogP contribution < -0.4 is 0 Å². The Bertz CT molecular complexity index is 544. The van der Waals surface area contributed by atoms with Gasteiger partial charge in [0, 0.05) is 0 Å².